The van der Waals surface area contributed by atoms with E-state index in [0.29, 0.717) is 29.1 Å². The molecule has 1 amide bonds. The smallest absolute Gasteiger partial charge is 0.255 e. The number of hydrogen-bond donors (Lipinski definition) is 2. The highest BCUT2D eigenvalue weighted by atomic mass is 16.5. The van der Waals surface area contributed by atoms with E-state index in [1.165, 1.54) is 6.33 Å². The summed E-state index contributed by atoms with van der Waals surface area (Å²) in [4.78, 5) is 22.0. The molecular weight excluding hydrogens is 420 g/mol. The maximum Gasteiger partial charge on any atom is 0.255 e. The number of hydrogen-bond acceptors (Lipinski definition) is 7. The molecule has 176 valence electrons. The molecule has 2 N–H and O–H groups in total. The Morgan fingerprint density at radius 3 is 2.82 bits per heavy atom. The number of nitrogens with one attached hydrogen (secondary N) is 1. The maximum atomic E-state index is 13.3. The van der Waals surface area contributed by atoms with Gasteiger partial charge in [-0.1, -0.05) is 13.0 Å². The Hall–Kier alpha value is -3.17. The SMILES string of the molecule is CCCN(CCCN1CCOCC1)C(=O)c1cc2c(Nc3ccc(C)c(O)c3)ncnn2c1. The third kappa shape index (κ3) is 5.61. The van der Waals surface area contributed by atoms with Crippen LogP contribution in [0.15, 0.2) is 36.8 Å². The van der Waals surface area contributed by atoms with Crippen LogP contribution in [0, 0.1) is 6.92 Å². The Bertz CT molecular complexity index is 1090. The summed E-state index contributed by atoms with van der Waals surface area (Å²) in [5.41, 5.74) is 2.80. The molecular formula is C24H32N6O3. The first-order valence-electron chi connectivity index (χ1n) is 11.5. The number of amides is 1. The molecule has 9 nitrogen and oxygen atoms in total. The van der Waals surface area contributed by atoms with E-state index in [9.17, 15) is 9.90 Å². The van der Waals surface area contributed by atoms with Gasteiger partial charge in [0.05, 0.1) is 18.8 Å². The van der Waals surface area contributed by atoms with Crippen LogP contribution in [0.1, 0.15) is 35.7 Å². The number of nitrogens with zero attached hydrogens (tertiary/aromatic N) is 5. The van der Waals surface area contributed by atoms with Gasteiger partial charge < -0.3 is 20.1 Å². The summed E-state index contributed by atoms with van der Waals surface area (Å²) in [6.07, 6.45) is 5.04. The van der Waals surface area contributed by atoms with Crippen LogP contribution in [0.25, 0.3) is 5.52 Å². The lowest BCUT2D eigenvalue weighted by Gasteiger charge is -2.28. The van der Waals surface area contributed by atoms with Crippen molar-refractivity contribution >= 4 is 22.9 Å². The van der Waals surface area contributed by atoms with Gasteiger partial charge in [-0.2, -0.15) is 5.10 Å². The number of aromatic nitrogens is 3. The lowest BCUT2D eigenvalue weighted by molar-refractivity contribution is 0.0357. The summed E-state index contributed by atoms with van der Waals surface area (Å²) >= 11 is 0. The zero-order valence-corrected chi connectivity index (χ0v) is 19.3. The van der Waals surface area contributed by atoms with Crippen molar-refractivity contribution in [1.29, 1.82) is 0 Å². The Morgan fingerprint density at radius 2 is 2.06 bits per heavy atom. The van der Waals surface area contributed by atoms with E-state index in [1.807, 2.05) is 30.0 Å². The number of rotatable bonds is 9. The number of aromatic hydroxyl groups is 1. The van der Waals surface area contributed by atoms with Crippen LogP contribution in [0.5, 0.6) is 5.75 Å². The van der Waals surface area contributed by atoms with Crippen LogP contribution in [0.4, 0.5) is 11.5 Å². The molecule has 2 aromatic heterocycles. The lowest BCUT2D eigenvalue weighted by atomic mass is 10.2. The van der Waals surface area contributed by atoms with Crippen molar-refractivity contribution in [3.05, 3.63) is 47.9 Å². The number of carbonyl (C=O) groups excluding carboxylic acids is 1. The van der Waals surface area contributed by atoms with Gasteiger partial charge in [-0.3, -0.25) is 9.69 Å². The van der Waals surface area contributed by atoms with Gasteiger partial charge in [-0.25, -0.2) is 9.50 Å². The molecule has 1 aliphatic heterocycles. The van der Waals surface area contributed by atoms with Gasteiger partial charge in [0, 0.05) is 50.7 Å². The summed E-state index contributed by atoms with van der Waals surface area (Å²) in [6.45, 7) is 9.82. The molecule has 3 heterocycles. The van der Waals surface area contributed by atoms with E-state index in [4.69, 9.17) is 4.74 Å². The van der Waals surface area contributed by atoms with Gasteiger partial charge in [0.2, 0.25) is 0 Å². The summed E-state index contributed by atoms with van der Waals surface area (Å²) in [7, 11) is 0. The fourth-order valence-corrected chi connectivity index (χ4v) is 4.04. The molecule has 1 fully saturated rings. The third-order valence-corrected chi connectivity index (χ3v) is 5.91. The number of benzene rings is 1. The summed E-state index contributed by atoms with van der Waals surface area (Å²) in [5.74, 6) is 0.786. The van der Waals surface area contributed by atoms with Crippen LogP contribution in [-0.4, -0.2) is 81.3 Å². The highest BCUT2D eigenvalue weighted by molar-refractivity contribution is 5.96. The molecule has 0 saturated carbocycles. The van der Waals surface area contributed by atoms with Crippen molar-refractivity contribution in [1.82, 2.24) is 24.4 Å². The Kier molecular flexibility index (Phi) is 7.41. The second-order valence-corrected chi connectivity index (χ2v) is 8.39. The number of phenols is 1. The fourth-order valence-electron chi connectivity index (χ4n) is 4.04. The van der Waals surface area contributed by atoms with Gasteiger partial charge in [0.25, 0.3) is 5.91 Å². The lowest BCUT2D eigenvalue weighted by Crippen LogP contribution is -2.39. The molecule has 0 atom stereocenters. The molecule has 0 spiro atoms. The zero-order chi connectivity index (χ0) is 23.2. The predicted molar refractivity (Wildman–Crippen MR) is 127 cm³/mol. The molecule has 33 heavy (non-hydrogen) atoms. The predicted octanol–water partition coefficient (Wildman–Crippen LogP) is 3.06. The van der Waals surface area contributed by atoms with E-state index in [0.717, 1.165) is 57.8 Å². The number of morpholine rings is 1. The minimum absolute atomic E-state index is 0.00302. The van der Waals surface area contributed by atoms with Crippen LogP contribution >= 0.6 is 0 Å². The molecule has 9 heteroatoms. The summed E-state index contributed by atoms with van der Waals surface area (Å²) in [6, 6.07) is 7.19. The van der Waals surface area contributed by atoms with Crippen LogP contribution < -0.4 is 5.32 Å². The molecule has 4 rings (SSSR count). The van der Waals surface area contributed by atoms with Crippen molar-refractivity contribution in [2.75, 3.05) is 51.3 Å². The first-order valence-corrected chi connectivity index (χ1v) is 11.5. The average Bonchev–Trinajstić information content (AvgIpc) is 3.27. The number of fused-ring (bicyclic) bond motifs is 1. The van der Waals surface area contributed by atoms with Crippen LogP contribution in [0.3, 0.4) is 0 Å². The molecule has 0 radical (unpaired) electrons. The molecule has 3 aromatic rings. The molecule has 1 aliphatic rings. The first-order chi connectivity index (χ1) is 16.0. The highest BCUT2D eigenvalue weighted by Crippen LogP contribution is 2.26. The monoisotopic (exact) mass is 452 g/mol. The summed E-state index contributed by atoms with van der Waals surface area (Å²) < 4.78 is 7.07. The maximum absolute atomic E-state index is 13.3. The number of phenolic OH excluding ortho intramolecular Hbond substituents is 1. The van der Waals surface area contributed by atoms with Crippen molar-refractivity contribution < 1.29 is 14.6 Å². The van der Waals surface area contributed by atoms with Crippen molar-refractivity contribution in [2.24, 2.45) is 0 Å². The highest BCUT2D eigenvalue weighted by Gasteiger charge is 2.19. The van der Waals surface area contributed by atoms with E-state index in [1.54, 1.807) is 16.8 Å². The Labute approximate surface area is 194 Å². The van der Waals surface area contributed by atoms with Gasteiger partial charge in [0.1, 0.15) is 17.6 Å². The number of ether oxygens (including phenoxy) is 1. The summed E-state index contributed by atoms with van der Waals surface area (Å²) in [5, 5.41) is 17.5. The quantitative estimate of drug-likeness (QED) is 0.515. The minimum Gasteiger partial charge on any atom is -0.508 e. The molecule has 0 aliphatic carbocycles. The molecule has 0 bridgehead atoms. The molecule has 0 unspecified atom stereocenters. The molecule has 1 saturated heterocycles. The second-order valence-electron chi connectivity index (χ2n) is 8.39. The Morgan fingerprint density at radius 1 is 1.24 bits per heavy atom. The van der Waals surface area contributed by atoms with Crippen molar-refractivity contribution in [3.8, 4) is 5.75 Å². The minimum atomic E-state index is 0.00302. The second kappa shape index (κ2) is 10.6. The van der Waals surface area contributed by atoms with E-state index in [-0.39, 0.29) is 11.7 Å². The largest absolute Gasteiger partial charge is 0.508 e. The first kappa shape index (κ1) is 23.0. The van der Waals surface area contributed by atoms with E-state index >= 15 is 0 Å². The van der Waals surface area contributed by atoms with Gasteiger partial charge in [-0.05, 0) is 37.5 Å². The number of anilines is 2. The van der Waals surface area contributed by atoms with Crippen molar-refractivity contribution in [2.45, 2.75) is 26.7 Å². The van der Waals surface area contributed by atoms with Gasteiger partial charge >= 0.3 is 0 Å². The fraction of sp³-hybridized carbons (Fsp3) is 0.458. The number of carbonyl (C=O) groups is 1. The van der Waals surface area contributed by atoms with Gasteiger partial charge in [0.15, 0.2) is 5.82 Å². The van der Waals surface area contributed by atoms with Crippen molar-refractivity contribution in [3.63, 3.8) is 0 Å². The topological polar surface area (TPSA) is 95.2 Å². The van der Waals surface area contributed by atoms with Crippen LogP contribution in [-0.2, 0) is 4.74 Å². The zero-order valence-electron chi connectivity index (χ0n) is 19.3. The normalized spacial score (nSPS) is 14.5. The third-order valence-electron chi connectivity index (χ3n) is 5.91. The van der Waals surface area contributed by atoms with E-state index < -0.39 is 0 Å². The molecule has 1 aromatic carbocycles. The van der Waals surface area contributed by atoms with Crippen LogP contribution in [0.2, 0.25) is 0 Å². The standard InChI is InChI=1S/C24H32N6O3/c1-3-7-29(9-4-8-28-10-12-33-13-11-28)24(32)19-14-21-23(25-17-26-30(21)16-19)27-20-6-5-18(2)22(31)15-20/h5-6,14-17,31H,3-4,7-13H2,1-2H3,(H,25,26,27). The average molecular weight is 453 g/mol. The Balaban J connectivity index is 1.48. The number of aryl methyl sites for hydroxylation is 1. The van der Waals surface area contributed by atoms with E-state index in [2.05, 4.69) is 27.2 Å². The van der Waals surface area contributed by atoms with Gasteiger partial charge in [-0.15, -0.1) is 0 Å².